The zero-order valence-corrected chi connectivity index (χ0v) is 13.1. The number of nitrogens with one attached hydrogen (secondary N) is 1. The lowest BCUT2D eigenvalue weighted by Gasteiger charge is -2.18. The van der Waals surface area contributed by atoms with Crippen molar-refractivity contribution in [3.8, 4) is 0 Å². The molecule has 23 heavy (non-hydrogen) atoms. The lowest BCUT2D eigenvalue weighted by atomic mass is 10.2. The molecule has 0 spiro atoms. The summed E-state index contributed by atoms with van der Waals surface area (Å²) < 4.78 is 4.93. The van der Waals surface area contributed by atoms with Gasteiger partial charge >= 0.3 is 5.69 Å². The van der Waals surface area contributed by atoms with Crippen LogP contribution in [0.1, 0.15) is 5.56 Å². The maximum absolute atomic E-state index is 11.5. The molecule has 0 aliphatic rings. The Kier molecular flexibility index (Phi) is 5.81. The number of methoxy groups -OCH3 is 1. The lowest BCUT2D eigenvalue weighted by molar-refractivity contribution is -0.383. The third kappa shape index (κ3) is 4.36. The SMILES string of the molecule is COCCNc1ncnc(N(C)Cc2ccccc2)c1[N+](=O)[O-]. The number of aromatic nitrogens is 2. The van der Waals surface area contributed by atoms with Crippen molar-refractivity contribution in [1.82, 2.24) is 9.97 Å². The van der Waals surface area contributed by atoms with Crippen LogP contribution in [0.25, 0.3) is 0 Å². The van der Waals surface area contributed by atoms with Gasteiger partial charge in [0.05, 0.1) is 11.5 Å². The summed E-state index contributed by atoms with van der Waals surface area (Å²) in [6.45, 7) is 1.36. The molecule has 0 fully saturated rings. The summed E-state index contributed by atoms with van der Waals surface area (Å²) in [5.41, 5.74) is 0.902. The van der Waals surface area contributed by atoms with E-state index in [4.69, 9.17) is 4.74 Å². The molecular formula is C15H19N5O3. The molecule has 2 rings (SSSR count). The molecule has 8 heteroatoms. The highest BCUT2D eigenvalue weighted by Crippen LogP contribution is 2.31. The first kappa shape index (κ1) is 16.6. The molecule has 0 aliphatic heterocycles. The number of ether oxygens (including phenoxy) is 1. The van der Waals surface area contributed by atoms with Crippen molar-refractivity contribution < 1.29 is 9.66 Å². The van der Waals surface area contributed by atoms with E-state index in [-0.39, 0.29) is 17.3 Å². The first-order valence-corrected chi connectivity index (χ1v) is 7.10. The fraction of sp³-hybridized carbons (Fsp3) is 0.333. The topological polar surface area (TPSA) is 93.4 Å². The van der Waals surface area contributed by atoms with Gasteiger partial charge in [-0.3, -0.25) is 10.1 Å². The minimum absolute atomic E-state index is 0.137. The summed E-state index contributed by atoms with van der Waals surface area (Å²) in [6, 6.07) is 9.70. The molecule has 8 nitrogen and oxygen atoms in total. The van der Waals surface area contributed by atoms with Crippen LogP contribution < -0.4 is 10.2 Å². The normalized spacial score (nSPS) is 10.3. The van der Waals surface area contributed by atoms with Gasteiger partial charge in [0, 0.05) is 27.2 Å². The average molecular weight is 317 g/mol. The number of nitrogens with zero attached hydrogens (tertiary/aromatic N) is 4. The summed E-state index contributed by atoms with van der Waals surface area (Å²) in [4.78, 5) is 20.8. The van der Waals surface area contributed by atoms with Crippen molar-refractivity contribution in [3.63, 3.8) is 0 Å². The van der Waals surface area contributed by atoms with E-state index in [1.807, 2.05) is 30.3 Å². The Hall–Kier alpha value is -2.74. The smallest absolute Gasteiger partial charge is 0.353 e. The second kappa shape index (κ2) is 8.04. The quantitative estimate of drug-likeness (QED) is 0.452. The molecule has 122 valence electrons. The predicted molar refractivity (Wildman–Crippen MR) is 87.6 cm³/mol. The van der Waals surface area contributed by atoms with Crippen LogP contribution in [-0.2, 0) is 11.3 Å². The van der Waals surface area contributed by atoms with Crippen molar-refractivity contribution >= 4 is 17.3 Å². The molecule has 0 radical (unpaired) electrons. The highest BCUT2D eigenvalue weighted by molar-refractivity contribution is 5.70. The number of benzene rings is 1. The Morgan fingerprint density at radius 1 is 1.30 bits per heavy atom. The number of nitro groups is 1. The van der Waals surface area contributed by atoms with E-state index in [1.54, 1.807) is 19.1 Å². The van der Waals surface area contributed by atoms with E-state index in [1.165, 1.54) is 6.33 Å². The Morgan fingerprint density at radius 2 is 2.04 bits per heavy atom. The molecule has 0 amide bonds. The summed E-state index contributed by atoms with van der Waals surface area (Å²) in [6.07, 6.45) is 1.32. The molecule has 2 aromatic rings. The van der Waals surface area contributed by atoms with Crippen LogP contribution in [0.15, 0.2) is 36.7 Å². The molecule has 0 unspecified atom stereocenters. The monoisotopic (exact) mass is 317 g/mol. The van der Waals surface area contributed by atoms with Gasteiger partial charge in [0.1, 0.15) is 6.33 Å². The van der Waals surface area contributed by atoms with Crippen LogP contribution in [0.2, 0.25) is 0 Å². The van der Waals surface area contributed by atoms with Crippen LogP contribution >= 0.6 is 0 Å². The van der Waals surface area contributed by atoms with E-state index in [9.17, 15) is 10.1 Å². The maximum atomic E-state index is 11.5. The zero-order chi connectivity index (χ0) is 16.7. The summed E-state index contributed by atoms with van der Waals surface area (Å²) in [7, 11) is 3.33. The van der Waals surface area contributed by atoms with Crippen molar-refractivity contribution in [1.29, 1.82) is 0 Å². The van der Waals surface area contributed by atoms with Gasteiger partial charge in [0.15, 0.2) is 0 Å². The predicted octanol–water partition coefficient (Wildman–Crippen LogP) is 2.08. The molecule has 1 aromatic heterocycles. The van der Waals surface area contributed by atoms with Crippen LogP contribution in [0, 0.1) is 10.1 Å². The third-order valence-electron chi connectivity index (χ3n) is 3.21. The summed E-state index contributed by atoms with van der Waals surface area (Å²) >= 11 is 0. The fourth-order valence-corrected chi connectivity index (χ4v) is 2.15. The van der Waals surface area contributed by atoms with Crippen molar-refractivity contribution in [3.05, 3.63) is 52.3 Å². The summed E-state index contributed by atoms with van der Waals surface area (Å²) in [5, 5.41) is 14.4. The largest absolute Gasteiger partial charge is 0.383 e. The van der Waals surface area contributed by atoms with Gasteiger partial charge in [-0.15, -0.1) is 0 Å². The van der Waals surface area contributed by atoms with Crippen LogP contribution in [-0.4, -0.2) is 42.2 Å². The van der Waals surface area contributed by atoms with E-state index < -0.39 is 4.92 Å². The minimum Gasteiger partial charge on any atom is -0.383 e. The standard InChI is InChI=1S/C15H19N5O3/c1-19(10-12-6-4-3-5-7-12)15-13(20(21)22)14(17-11-18-15)16-8-9-23-2/h3-7,11H,8-10H2,1-2H3,(H,16,17,18). The van der Waals surface area contributed by atoms with Gasteiger partial charge in [-0.05, 0) is 5.56 Å². The highest BCUT2D eigenvalue weighted by Gasteiger charge is 2.25. The Labute approximate surface area is 134 Å². The molecule has 1 aromatic carbocycles. The van der Waals surface area contributed by atoms with Gasteiger partial charge in [0.25, 0.3) is 0 Å². The molecule has 0 atom stereocenters. The van der Waals surface area contributed by atoms with Gasteiger partial charge in [-0.2, -0.15) is 0 Å². The second-order valence-electron chi connectivity index (χ2n) is 4.91. The molecule has 0 saturated heterocycles. The van der Waals surface area contributed by atoms with Gasteiger partial charge in [-0.1, -0.05) is 30.3 Å². The first-order valence-electron chi connectivity index (χ1n) is 7.10. The van der Waals surface area contributed by atoms with Crippen molar-refractivity contribution in [2.45, 2.75) is 6.54 Å². The fourth-order valence-electron chi connectivity index (χ4n) is 2.15. The Morgan fingerprint density at radius 3 is 2.70 bits per heavy atom. The van der Waals surface area contributed by atoms with E-state index in [0.717, 1.165) is 5.56 Å². The van der Waals surface area contributed by atoms with Gasteiger partial charge in [0.2, 0.25) is 11.6 Å². The average Bonchev–Trinajstić information content (AvgIpc) is 2.55. The number of rotatable bonds is 8. The molecule has 0 aliphatic carbocycles. The van der Waals surface area contributed by atoms with Crippen LogP contribution in [0.5, 0.6) is 0 Å². The lowest BCUT2D eigenvalue weighted by Crippen LogP contribution is -2.20. The maximum Gasteiger partial charge on any atom is 0.353 e. The molecule has 1 N–H and O–H groups in total. The van der Waals surface area contributed by atoms with E-state index in [2.05, 4.69) is 15.3 Å². The highest BCUT2D eigenvalue weighted by atomic mass is 16.6. The number of hydrogen-bond donors (Lipinski definition) is 1. The molecule has 0 bridgehead atoms. The van der Waals surface area contributed by atoms with Gasteiger partial charge < -0.3 is 15.0 Å². The van der Waals surface area contributed by atoms with Crippen LogP contribution in [0.4, 0.5) is 17.3 Å². The van der Waals surface area contributed by atoms with E-state index in [0.29, 0.717) is 19.7 Å². The number of hydrogen-bond acceptors (Lipinski definition) is 7. The zero-order valence-electron chi connectivity index (χ0n) is 13.1. The number of anilines is 2. The van der Waals surface area contributed by atoms with Crippen LogP contribution in [0.3, 0.4) is 0 Å². The molecule has 0 saturated carbocycles. The van der Waals surface area contributed by atoms with Crippen molar-refractivity contribution in [2.24, 2.45) is 0 Å². The Balaban J connectivity index is 2.26. The van der Waals surface area contributed by atoms with E-state index >= 15 is 0 Å². The van der Waals surface area contributed by atoms with Crippen molar-refractivity contribution in [2.75, 3.05) is 37.5 Å². The second-order valence-corrected chi connectivity index (χ2v) is 4.91. The summed E-state index contributed by atoms with van der Waals surface area (Å²) in [5.74, 6) is 0.464. The Bertz CT molecular complexity index is 651. The molecular weight excluding hydrogens is 298 g/mol. The third-order valence-corrected chi connectivity index (χ3v) is 3.21. The molecule has 1 heterocycles. The first-order chi connectivity index (χ1) is 11.1. The minimum atomic E-state index is -0.466. The van der Waals surface area contributed by atoms with Gasteiger partial charge in [-0.25, -0.2) is 9.97 Å².